The van der Waals surface area contributed by atoms with Crippen molar-refractivity contribution in [1.29, 1.82) is 5.26 Å². The molecule has 0 saturated heterocycles. The molecule has 1 rings (SSSR count). The summed E-state index contributed by atoms with van der Waals surface area (Å²) in [5, 5.41) is 11.5. The van der Waals surface area contributed by atoms with Crippen LogP contribution in [0, 0.1) is 11.3 Å². The molecule has 62 valence electrons. The molecule has 0 aliphatic rings. The fourth-order valence-corrected chi connectivity index (χ4v) is 0.966. The Morgan fingerprint density at radius 1 is 1.75 bits per heavy atom. The van der Waals surface area contributed by atoms with E-state index in [-0.39, 0.29) is 10.7 Å². The summed E-state index contributed by atoms with van der Waals surface area (Å²) < 4.78 is 0. The van der Waals surface area contributed by atoms with Crippen LogP contribution in [0.4, 0.5) is 11.5 Å². The second kappa shape index (κ2) is 3.28. The van der Waals surface area contributed by atoms with Gasteiger partial charge in [0.05, 0.1) is 11.3 Å². The zero-order valence-corrected chi connectivity index (χ0v) is 7.18. The Bertz CT molecular complexity index is 341. The zero-order chi connectivity index (χ0) is 9.14. The van der Waals surface area contributed by atoms with Crippen molar-refractivity contribution >= 4 is 23.1 Å². The summed E-state index contributed by atoms with van der Waals surface area (Å²) in [5.41, 5.74) is 6.24. The lowest BCUT2D eigenvalue weighted by Gasteiger charge is -2.04. The number of pyridine rings is 1. The van der Waals surface area contributed by atoms with E-state index in [4.69, 9.17) is 22.6 Å². The number of nitrogens with two attached hydrogens (primary N) is 1. The predicted octanol–water partition coefficient (Wildman–Crippen LogP) is 1.23. The van der Waals surface area contributed by atoms with Crippen LogP contribution in [0.25, 0.3) is 0 Å². The second-order valence-corrected chi connectivity index (χ2v) is 2.48. The van der Waals surface area contributed by atoms with Gasteiger partial charge in [-0.1, -0.05) is 11.6 Å². The summed E-state index contributed by atoms with van der Waals surface area (Å²) in [5.74, 6) is 0.485. The molecule has 12 heavy (non-hydrogen) atoms. The van der Waals surface area contributed by atoms with Gasteiger partial charge in [0.2, 0.25) is 0 Å². The van der Waals surface area contributed by atoms with E-state index in [1.165, 1.54) is 6.07 Å². The Morgan fingerprint density at radius 3 is 2.92 bits per heavy atom. The number of nitrogens with one attached hydrogen (secondary N) is 1. The lowest BCUT2D eigenvalue weighted by molar-refractivity contribution is 1.27. The molecule has 0 spiro atoms. The van der Waals surface area contributed by atoms with Gasteiger partial charge in [0.1, 0.15) is 11.2 Å². The van der Waals surface area contributed by atoms with Crippen molar-refractivity contribution in [3.05, 3.63) is 16.8 Å². The van der Waals surface area contributed by atoms with Gasteiger partial charge in [-0.25, -0.2) is 4.98 Å². The fourth-order valence-electron chi connectivity index (χ4n) is 0.785. The summed E-state index contributed by atoms with van der Waals surface area (Å²) in [7, 11) is 1.68. The van der Waals surface area contributed by atoms with Crippen LogP contribution in [0.2, 0.25) is 5.15 Å². The first-order valence-corrected chi connectivity index (χ1v) is 3.60. The lowest BCUT2D eigenvalue weighted by atomic mass is 10.3. The minimum Gasteiger partial charge on any atom is -0.396 e. The van der Waals surface area contributed by atoms with Crippen molar-refractivity contribution in [3.8, 4) is 6.07 Å². The average Bonchev–Trinajstić information content (AvgIpc) is 2.08. The first-order valence-electron chi connectivity index (χ1n) is 3.23. The van der Waals surface area contributed by atoms with Crippen LogP contribution >= 0.6 is 11.6 Å². The van der Waals surface area contributed by atoms with Crippen LogP contribution < -0.4 is 11.1 Å². The third-order valence-electron chi connectivity index (χ3n) is 1.36. The Balaban J connectivity index is 3.28. The quantitative estimate of drug-likeness (QED) is 0.641. The van der Waals surface area contributed by atoms with Gasteiger partial charge in [-0.3, -0.25) is 0 Å². The van der Waals surface area contributed by atoms with E-state index in [0.717, 1.165) is 0 Å². The van der Waals surface area contributed by atoms with Gasteiger partial charge in [-0.05, 0) is 6.07 Å². The molecule has 0 aliphatic heterocycles. The van der Waals surface area contributed by atoms with Crippen LogP contribution in [-0.4, -0.2) is 12.0 Å². The maximum absolute atomic E-state index is 8.56. The Morgan fingerprint density at radius 2 is 2.42 bits per heavy atom. The van der Waals surface area contributed by atoms with E-state index in [0.29, 0.717) is 11.5 Å². The monoisotopic (exact) mass is 182 g/mol. The van der Waals surface area contributed by atoms with E-state index < -0.39 is 0 Å². The maximum atomic E-state index is 8.56. The molecule has 0 unspecified atom stereocenters. The smallest absolute Gasteiger partial charge is 0.150 e. The number of hydrogen-bond acceptors (Lipinski definition) is 4. The highest BCUT2D eigenvalue weighted by molar-refractivity contribution is 6.30. The van der Waals surface area contributed by atoms with Gasteiger partial charge in [-0.15, -0.1) is 0 Å². The van der Waals surface area contributed by atoms with Gasteiger partial charge >= 0.3 is 0 Å². The molecule has 1 heterocycles. The molecule has 0 bridgehead atoms. The minimum atomic E-state index is 0.163. The van der Waals surface area contributed by atoms with E-state index in [1.807, 2.05) is 6.07 Å². The molecule has 0 aromatic carbocycles. The fraction of sp³-hybridized carbons (Fsp3) is 0.143. The number of hydrogen-bond donors (Lipinski definition) is 2. The number of rotatable bonds is 1. The summed E-state index contributed by atoms with van der Waals surface area (Å²) in [4.78, 5) is 3.87. The van der Waals surface area contributed by atoms with Crippen LogP contribution in [0.5, 0.6) is 0 Å². The van der Waals surface area contributed by atoms with Crippen molar-refractivity contribution in [1.82, 2.24) is 4.98 Å². The summed E-state index contributed by atoms with van der Waals surface area (Å²) in [6.45, 7) is 0. The Labute approximate surface area is 75.0 Å². The molecular weight excluding hydrogens is 176 g/mol. The number of halogens is 1. The van der Waals surface area contributed by atoms with Gasteiger partial charge in [0, 0.05) is 7.05 Å². The molecule has 0 atom stereocenters. The van der Waals surface area contributed by atoms with Gasteiger partial charge < -0.3 is 11.1 Å². The minimum absolute atomic E-state index is 0.163. The molecule has 1 aromatic heterocycles. The van der Waals surface area contributed by atoms with Crippen LogP contribution in [-0.2, 0) is 0 Å². The third kappa shape index (κ3) is 1.41. The topological polar surface area (TPSA) is 74.7 Å². The molecule has 0 aliphatic carbocycles. The highest BCUT2D eigenvalue weighted by Crippen LogP contribution is 2.21. The van der Waals surface area contributed by atoms with Gasteiger partial charge in [-0.2, -0.15) is 5.26 Å². The number of nitriles is 1. The largest absolute Gasteiger partial charge is 0.396 e. The zero-order valence-electron chi connectivity index (χ0n) is 6.43. The molecule has 0 radical (unpaired) electrons. The summed E-state index contributed by atoms with van der Waals surface area (Å²) in [6, 6.07) is 3.37. The van der Waals surface area contributed by atoms with E-state index in [9.17, 15) is 0 Å². The number of nitrogens with zero attached hydrogens (tertiary/aromatic N) is 2. The van der Waals surface area contributed by atoms with E-state index in [1.54, 1.807) is 7.05 Å². The molecular formula is C7H7ClN4. The standard InChI is InChI=1S/C7H7ClN4/c1-11-7-5(10)2-4(3-9)6(8)12-7/h2H,10H2,1H3,(H,11,12). The molecule has 4 nitrogen and oxygen atoms in total. The first kappa shape index (κ1) is 8.62. The number of aromatic nitrogens is 1. The van der Waals surface area contributed by atoms with Crippen molar-refractivity contribution in [3.63, 3.8) is 0 Å². The van der Waals surface area contributed by atoms with Crippen molar-refractivity contribution in [2.45, 2.75) is 0 Å². The van der Waals surface area contributed by atoms with Gasteiger partial charge in [0.15, 0.2) is 5.82 Å². The van der Waals surface area contributed by atoms with Crippen LogP contribution in [0.15, 0.2) is 6.07 Å². The predicted molar refractivity (Wildman–Crippen MR) is 47.9 cm³/mol. The van der Waals surface area contributed by atoms with E-state index >= 15 is 0 Å². The molecule has 3 N–H and O–H groups in total. The summed E-state index contributed by atoms with van der Waals surface area (Å²) in [6.07, 6.45) is 0. The Kier molecular flexibility index (Phi) is 2.36. The molecule has 0 fully saturated rings. The second-order valence-electron chi connectivity index (χ2n) is 2.13. The normalized spacial score (nSPS) is 9.08. The SMILES string of the molecule is CNc1nc(Cl)c(C#N)cc1N. The third-order valence-corrected chi connectivity index (χ3v) is 1.65. The molecule has 0 amide bonds. The highest BCUT2D eigenvalue weighted by atomic mass is 35.5. The first-order chi connectivity index (χ1) is 5.69. The maximum Gasteiger partial charge on any atom is 0.150 e. The molecule has 0 saturated carbocycles. The molecule has 5 heteroatoms. The van der Waals surface area contributed by atoms with E-state index in [2.05, 4.69) is 10.3 Å². The number of anilines is 2. The van der Waals surface area contributed by atoms with Crippen molar-refractivity contribution in [2.24, 2.45) is 0 Å². The van der Waals surface area contributed by atoms with Crippen molar-refractivity contribution < 1.29 is 0 Å². The summed E-state index contributed by atoms with van der Waals surface area (Å²) >= 11 is 5.65. The average molecular weight is 183 g/mol. The van der Waals surface area contributed by atoms with Crippen molar-refractivity contribution in [2.75, 3.05) is 18.1 Å². The highest BCUT2D eigenvalue weighted by Gasteiger charge is 2.05. The Hall–Kier alpha value is -1.47. The molecule has 1 aromatic rings. The van der Waals surface area contributed by atoms with Gasteiger partial charge in [0.25, 0.3) is 0 Å². The lowest BCUT2D eigenvalue weighted by Crippen LogP contribution is -2.00. The number of nitrogen functional groups attached to an aromatic ring is 1. The van der Waals surface area contributed by atoms with Crippen LogP contribution in [0.3, 0.4) is 0 Å². The van der Waals surface area contributed by atoms with Crippen LogP contribution in [0.1, 0.15) is 5.56 Å².